The number of hydrogen-bond acceptors (Lipinski definition) is 6. The Morgan fingerprint density at radius 3 is 2.42 bits per heavy atom. The zero-order valence-corrected chi connectivity index (χ0v) is 17.5. The van der Waals surface area contributed by atoms with Gasteiger partial charge >= 0.3 is 0 Å². The summed E-state index contributed by atoms with van der Waals surface area (Å²) in [4.78, 5) is 21.5. The first-order chi connectivity index (χ1) is 15.2. The van der Waals surface area contributed by atoms with Crippen LogP contribution in [0.15, 0.2) is 66.9 Å². The molecule has 160 valence electrons. The maximum Gasteiger partial charge on any atom is 0.256 e. The van der Waals surface area contributed by atoms with Crippen LogP contribution in [0, 0.1) is 0 Å². The van der Waals surface area contributed by atoms with Gasteiger partial charge < -0.3 is 25.0 Å². The number of benzene rings is 2. The SMILES string of the molecule is COc1cc(C(=O)N2CCN(c3ccccn3)CC2)c(N)cc1OCc1ccccc1. The fourth-order valence-corrected chi connectivity index (χ4v) is 3.62. The number of nitrogens with two attached hydrogens (primary N) is 1. The van der Waals surface area contributed by atoms with Crippen LogP contribution in [-0.4, -0.2) is 49.1 Å². The molecule has 1 aromatic heterocycles. The molecule has 1 aliphatic rings. The summed E-state index contributed by atoms with van der Waals surface area (Å²) in [6, 6.07) is 19.0. The fourth-order valence-electron chi connectivity index (χ4n) is 3.62. The molecule has 0 atom stereocenters. The van der Waals surface area contributed by atoms with Crippen LogP contribution < -0.4 is 20.1 Å². The Bertz CT molecular complexity index is 1020. The van der Waals surface area contributed by atoms with E-state index in [1.165, 1.54) is 0 Å². The first kappa shape index (κ1) is 20.5. The van der Waals surface area contributed by atoms with E-state index in [4.69, 9.17) is 15.2 Å². The van der Waals surface area contributed by atoms with E-state index in [9.17, 15) is 4.79 Å². The van der Waals surface area contributed by atoms with E-state index in [1.807, 2.05) is 53.4 Å². The minimum Gasteiger partial charge on any atom is -0.493 e. The van der Waals surface area contributed by atoms with Crippen LogP contribution in [0.25, 0.3) is 0 Å². The van der Waals surface area contributed by atoms with E-state index in [-0.39, 0.29) is 5.91 Å². The first-order valence-electron chi connectivity index (χ1n) is 10.2. The Balaban J connectivity index is 1.44. The highest BCUT2D eigenvalue weighted by Gasteiger charge is 2.25. The van der Waals surface area contributed by atoms with Crippen molar-refractivity contribution >= 4 is 17.4 Å². The standard InChI is InChI=1S/C24H26N4O3/c1-30-21-15-19(20(25)16-22(21)31-17-18-7-3-2-4-8-18)24(29)28-13-11-27(12-14-28)23-9-5-6-10-26-23/h2-10,15-16H,11-14,17,25H2,1H3. The van der Waals surface area contributed by atoms with E-state index < -0.39 is 0 Å². The van der Waals surface area contributed by atoms with Crippen molar-refractivity contribution in [3.63, 3.8) is 0 Å². The number of aromatic nitrogens is 1. The zero-order valence-electron chi connectivity index (χ0n) is 17.5. The van der Waals surface area contributed by atoms with Gasteiger partial charge in [0.2, 0.25) is 0 Å². The summed E-state index contributed by atoms with van der Waals surface area (Å²) in [5.74, 6) is 1.82. The van der Waals surface area contributed by atoms with Crippen LogP contribution in [0.1, 0.15) is 15.9 Å². The predicted molar refractivity (Wildman–Crippen MR) is 121 cm³/mol. The fraction of sp³-hybridized carbons (Fsp3) is 0.250. The Kier molecular flexibility index (Phi) is 6.21. The molecule has 7 nitrogen and oxygen atoms in total. The molecule has 7 heteroatoms. The van der Waals surface area contributed by atoms with Crippen LogP contribution in [0.4, 0.5) is 11.5 Å². The molecule has 0 radical (unpaired) electrons. The number of hydrogen-bond donors (Lipinski definition) is 1. The highest BCUT2D eigenvalue weighted by Crippen LogP contribution is 2.33. The van der Waals surface area contributed by atoms with Crippen LogP contribution in [0.3, 0.4) is 0 Å². The molecule has 0 bridgehead atoms. The highest BCUT2D eigenvalue weighted by atomic mass is 16.5. The Morgan fingerprint density at radius 1 is 1.00 bits per heavy atom. The van der Waals surface area contributed by atoms with Gasteiger partial charge in [-0.05, 0) is 23.8 Å². The van der Waals surface area contributed by atoms with Gasteiger partial charge in [0, 0.05) is 44.1 Å². The molecule has 3 aromatic rings. The molecule has 1 amide bonds. The third kappa shape index (κ3) is 4.71. The Morgan fingerprint density at radius 2 is 1.74 bits per heavy atom. The van der Waals surface area contributed by atoms with Crippen molar-refractivity contribution in [1.29, 1.82) is 0 Å². The summed E-state index contributed by atoms with van der Waals surface area (Å²) >= 11 is 0. The second kappa shape index (κ2) is 9.38. The lowest BCUT2D eigenvalue weighted by Crippen LogP contribution is -2.49. The molecule has 0 unspecified atom stereocenters. The molecule has 0 spiro atoms. The van der Waals surface area contributed by atoms with Crippen LogP contribution >= 0.6 is 0 Å². The van der Waals surface area contributed by atoms with Gasteiger partial charge in [-0.1, -0.05) is 36.4 Å². The van der Waals surface area contributed by atoms with E-state index in [0.29, 0.717) is 42.4 Å². The first-order valence-corrected chi connectivity index (χ1v) is 10.2. The second-order valence-electron chi connectivity index (χ2n) is 7.33. The van der Waals surface area contributed by atoms with E-state index in [0.717, 1.165) is 24.5 Å². The third-order valence-electron chi connectivity index (χ3n) is 5.34. The molecule has 1 saturated heterocycles. The number of amides is 1. The van der Waals surface area contributed by atoms with E-state index >= 15 is 0 Å². The maximum atomic E-state index is 13.1. The van der Waals surface area contributed by atoms with Crippen molar-refractivity contribution in [3.8, 4) is 11.5 Å². The van der Waals surface area contributed by atoms with Gasteiger partial charge in [0.15, 0.2) is 11.5 Å². The lowest BCUT2D eigenvalue weighted by Gasteiger charge is -2.35. The number of methoxy groups -OCH3 is 1. The number of pyridine rings is 1. The maximum absolute atomic E-state index is 13.1. The van der Waals surface area contributed by atoms with Crippen LogP contribution in [-0.2, 0) is 6.61 Å². The Hall–Kier alpha value is -3.74. The number of carbonyl (C=O) groups is 1. The van der Waals surface area contributed by atoms with Gasteiger partial charge in [-0.25, -0.2) is 4.98 Å². The normalized spacial score (nSPS) is 13.7. The smallest absolute Gasteiger partial charge is 0.256 e. The monoisotopic (exact) mass is 418 g/mol. The second-order valence-corrected chi connectivity index (χ2v) is 7.33. The molecule has 1 aliphatic heterocycles. The van der Waals surface area contributed by atoms with E-state index in [1.54, 1.807) is 25.4 Å². The zero-order chi connectivity index (χ0) is 21.6. The van der Waals surface area contributed by atoms with Gasteiger partial charge in [0.25, 0.3) is 5.91 Å². The minimum atomic E-state index is -0.105. The number of ether oxygens (including phenoxy) is 2. The lowest BCUT2D eigenvalue weighted by atomic mass is 10.1. The molecule has 2 heterocycles. The van der Waals surface area contributed by atoms with Crippen molar-refractivity contribution < 1.29 is 14.3 Å². The molecule has 31 heavy (non-hydrogen) atoms. The van der Waals surface area contributed by atoms with E-state index in [2.05, 4.69) is 9.88 Å². The predicted octanol–water partition coefficient (Wildman–Crippen LogP) is 3.21. The largest absolute Gasteiger partial charge is 0.493 e. The number of anilines is 2. The molecular formula is C24H26N4O3. The van der Waals surface area contributed by atoms with Crippen molar-refractivity contribution in [2.45, 2.75) is 6.61 Å². The van der Waals surface area contributed by atoms with Gasteiger partial charge in [-0.2, -0.15) is 0 Å². The number of piperazine rings is 1. The number of nitrogen functional groups attached to an aromatic ring is 1. The summed E-state index contributed by atoms with van der Waals surface area (Å²) in [5, 5.41) is 0. The summed E-state index contributed by atoms with van der Waals surface area (Å²) < 4.78 is 11.4. The van der Waals surface area contributed by atoms with Gasteiger partial charge in [-0.15, -0.1) is 0 Å². The number of rotatable bonds is 6. The van der Waals surface area contributed by atoms with Gasteiger partial charge in [0.05, 0.1) is 12.7 Å². The van der Waals surface area contributed by atoms with Crippen LogP contribution in [0.5, 0.6) is 11.5 Å². The summed E-state index contributed by atoms with van der Waals surface area (Å²) in [6.45, 7) is 3.03. The molecule has 0 saturated carbocycles. The highest BCUT2D eigenvalue weighted by molar-refractivity contribution is 6.00. The summed E-state index contributed by atoms with van der Waals surface area (Å²) in [6.07, 6.45) is 1.78. The molecular weight excluding hydrogens is 392 g/mol. The molecule has 0 aliphatic carbocycles. The summed E-state index contributed by atoms with van der Waals surface area (Å²) in [5.41, 5.74) is 8.07. The molecule has 4 rings (SSSR count). The number of carbonyl (C=O) groups excluding carboxylic acids is 1. The van der Waals surface area contributed by atoms with Crippen molar-refractivity contribution in [1.82, 2.24) is 9.88 Å². The average Bonchev–Trinajstić information content (AvgIpc) is 2.83. The average molecular weight is 418 g/mol. The molecule has 2 N–H and O–H groups in total. The molecule has 2 aromatic carbocycles. The third-order valence-corrected chi connectivity index (χ3v) is 5.34. The minimum absolute atomic E-state index is 0.105. The number of nitrogens with zero attached hydrogens (tertiary/aromatic N) is 3. The topological polar surface area (TPSA) is 80.9 Å². The lowest BCUT2D eigenvalue weighted by molar-refractivity contribution is 0.0747. The van der Waals surface area contributed by atoms with Crippen molar-refractivity contribution in [2.75, 3.05) is 43.9 Å². The van der Waals surface area contributed by atoms with Gasteiger partial charge in [-0.3, -0.25) is 4.79 Å². The molecule has 1 fully saturated rings. The van der Waals surface area contributed by atoms with Crippen LogP contribution in [0.2, 0.25) is 0 Å². The van der Waals surface area contributed by atoms with Crippen molar-refractivity contribution in [2.24, 2.45) is 0 Å². The van der Waals surface area contributed by atoms with Gasteiger partial charge in [0.1, 0.15) is 12.4 Å². The quantitative estimate of drug-likeness (QED) is 0.619. The van der Waals surface area contributed by atoms with Crippen molar-refractivity contribution in [3.05, 3.63) is 78.0 Å². The Labute approximate surface area is 182 Å². The summed E-state index contributed by atoms with van der Waals surface area (Å²) in [7, 11) is 1.56.